The molecule has 1 heterocycles. The van der Waals surface area contributed by atoms with E-state index in [-0.39, 0.29) is 42.4 Å². The molecule has 0 aliphatic carbocycles. The number of fused-ring (bicyclic) bond motifs is 1. The van der Waals surface area contributed by atoms with E-state index in [9.17, 15) is 14.4 Å². The SMILES string of the molecule is CCNCc1ccccc1NC(=O)CCn1[nH]c(=O)c2ccccc2c1=O.Cl. The molecule has 1 aromatic heterocycles. The van der Waals surface area contributed by atoms with Gasteiger partial charge in [0.2, 0.25) is 5.91 Å². The molecule has 1 amide bonds. The molecule has 0 radical (unpaired) electrons. The van der Waals surface area contributed by atoms with Gasteiger partial charge in [0.25, 0.3) is 11.1 Å². The Morgan fingerprint density at radius 2 is 1.71 bits per heavy atom. The van der Waals surface area contributed by atoms with Crippen molar-refractivity contribution in [2.45, 2.75) is 26.4 Å². The highest BCUT2D eigenvalue weighted by Gasteiger charge is 2.10. The summed E-state index contributed by atoms with van der Waals surface area (Å²) in [6, 6.07) is 14.2. The van der Waals surface area contributed by atoms with E-state index in [0.717, 1.165) is 17.8 Å². The first-order valence-corrected chi connectivity index (χ1v) is 8.90. The molecule has 0 fully saturated rings. The number of para-hydroxylation sites is 1. The normalized spacial score (nSPS) is 10.5. The largest absolute Gasteiger partial charge is 0.326 e. The van der Waals surface area contributed by atoms with Crippen LogP contribution in [-0.4, -0.2) is 22.2 Å². The van der Waals surface area contributed by atoms with Crippen LogP contribution in [0.3, 0.4) is 0 Å². The molecule has 3 aromatic rings. The van der Waals surface area contributed by atoms with E-state index in [1.807, 2.05) is 31.2 Å². The van der Waals surface area contributed by atoms with E-state index in [4.69, 9.17) is 0 Å². The molecular formula is C20H23ClN4O3. The summed E-state index contributed by atoms with van der Waals surface area (Å²) >= 11 is 0. The quantitative estimate of drug-likeness (QED) is 0.564. The summed E-state index contributed by atoms with van der Waals surface area (Å²) < 4.78 is 1.19. The molecule has 7 nitrogen and oxygen atoms in total. The van der Waals surface area contributed by atoms with E-state index in [2.05, 4.69) is 15.7 Å². The Labute approximate surface area is 168 Å². The van der Waals surface area contributed by atoms with Gasteiger partial charge >= 0.3 is 0 Å². The predicted octanol–water partition coefficient (Wildman–Crippen LogP) is 2.25. The Hall–Kier alpha value is -2.90. The summed E-state index contributed by atoms with van der Waals surface area (Å²) in [4.78, 5) is 36.9. The number of carbonyl (C=O) groups excluding carboxylic acids is 1. The minimum absolute atomic E-state index is 0. The Bertz CT molecular complexity index is 1070. The molecule has 3 rings (SSSR count). The lowest BCUT2D eigenvalue weighted by atomic mass is 10.1. The summed E-state index contributed by atoms with van der Waals surface area (Å²) in [6.45, 7) is 3.61. The molecule has 0 bridgehead atoms. The number of H-pyrrole nitrogens is 1. The number of amides is 1. The van der Waals surface area contributed by atoms with Crippen molar-refractivity contribution in [2.24, 2.45) is 0 Å². The van der Waals surface area contributed by atoms with Crippen molar-refractivity contribution in [3.8, 4) is 0 Å². The smallest absolute Gasteiger partial charge is 0.273 e. The van der Waals surface area contributed by atoms with Crippen LogP contribution in [0.15, 0.2) is 58.1 Å². The van der Waals surface area contributed by atoms with Crippen LogP contribution in [0.25, 0.3) is 10.8 Å². The average Bonchev–Trinajstić information content (AvgIpc) is 2.69. The van der Waals surface area contributed by atoms with Crippen LogP contribution in [0.4, 0.5) is 5.69 Å². The number of hydrogen-bond donors (Lipinski definition) is 3. The monoisotopic (exact) mass is 402 g/mol. The number of benzene rings is 2. The minimum atomic E-state index is -0.346. The van der Waals surface area contributed by atoms with Gasteiger partial charge in [-0.25, -0.2) is 4.68 Å². The number of nitrogens with one attached hydrogen (secondary N) is 3. The summed E-state index contributed by atoms with van der Waals surface area (Å²) in [5.74, 6) is -0.222. The van der Waals surface area contributed by atoms with Crippen LogP contribution in [0.5, 0.6) is 0 Å². The molecular weight excluding hydrogens is 380 g/mol. The van der Waals surface area contributed by atoms with Gasteiger partial charge in [-0.1, -0.05) is 37.3 Å². The van der Waals surface area contributed by atoms with Crippen LogP contribution in [-0.2, 0) is 17.9 Å². The summed E-state index contributed by atoms with van der Waals surface area (Å²) in [5, 5.41) is 9.33. The molecule has 2 aromatic carbocycles. The second kappa shape index (κ2) is 9.87. The second-order valence-corrected chi connectivity index (χ2v) is 6.18. The molecule has 0 atom stereocenters. The van der Waals surface area contributed by atoms with E-state index < -0.39 is 0 Å². The van der Waals surface area contributed by atoms with Gasteiger partial charge in [0.05, 0.1) is 17.3 Å². The Morgan fingerprint density at radius 3 is 2.46 bits per heavy atom. The summed E-state index contributed by atoms with van der Waals surface area (Å²) in [7, 11) is 0. The third kappa shape index (κ3) is 4.88. The molecule has 148 valence electrons. The first-order chi connectivity index (χ1) is 13.1. The third-order valence-electron chi connectivity index (χ3n) is 4.30. The molecule has 0 unspecified atom stereocenters. The van der Waals surface area contributed by atoms with Crippen molar-refractivity contribution in [3.05, 3.63) is 74.8 Å². The zero-order chi connectivity index (χ0) is 19.2. The van der Waals surface area contributed by atoms with Crippen LogP contribution in [0.2, 0.25) is 0 Å². The molecule has 28 heavy (non-hydrogen) atoms. The third-order valence-corrected chi connectivity index (χ3v) is 4.30. The fourth-order valence-electron chi connectivity index (χ4n) is 2.89. The summed E-state index contributed by atoms with van der Waals surface area (Å²) in [5.41, 5.74) is 1.07. The molecule has 0 saturated heterocycles. The number of carbonyl (C=O) groups is 1. The minimum Gasteiger partial charge on any atom is -0.326 e. The van der Waals surface area contributed by atoms with Gasteiger partial charge in [0.15, 0.2) is 0 Å². The number of hydrogen-bond acceptors (Lipinski definition) is 4. The van der Waals surface area contributed by atoms with Gasteiger partial charge in [-0.05, 0) is 30.3 Å². The van der Waals surface area contributed by atoms with Gasteiger partial charge in [0.1, 0.15) is 0 Å². The predicted molar refractivity (Wildman–Crippen MR) is 113 cm³/mol. The number of aromatic amines is 1. The van der Waals surface area contributed by atoms with E-state index in [1.165, 1.54) is 4.68 Å². The topological polar surface area (TPSA) is 96.0 Å². The van der Waals surface area contributed by atoms with Gasteiger partial charge in [-0.2, -0.15) is 0 Å². The zero-order valence-electron chi connectivity index (χ0n) is 15.5. The van der Waals surface area contributed by atoms with Gasteiger partial charge in [0, 0.05) is 18.7 Å². The fraction of sp³-hybridized carbons (Fsp3) is 0.250. The fourth-order valence-corrected chi connectivity index (χ4v) is 2.89. The number of halogens is 1. The Balaban J connectivity index is 0.00000280. The first-order valence-electron chi connectivity index (χ1n) is 8.90. The van der Waals surface area contributed by atoms with Crippen LogP contribution in [0.1, 0.15) is 18.9 Å². The first kappa shape index (κ1) is 21.4. The standard InChI is InChI=1S/C20H22N4O3.ClH/c1-2-21-13-14-7-3-6-10-17(14)22-18(25)11-12-24-20(27)16-9-5-4-8-15(16)19(26)23-24;/h3-10,21H,2,11-13H2,1H3,(H,22,25)(H,23,26);1H. The Morgan fingerprint density at radius 1 is 1.04 bits per heavy atom. The molecule has 8 heteroatoms. The van der Waals surface area contributed by atoms with Crippen molar-refractivity contribution in [2.75, 3.05) is 11.9 Å². The second-order valence-electron chi connectivity index (χ2n) is 6.18. The van der Waals surface area contributed by atoms with Gasteiger partial charge in [-0.15, -0.1) is 12.4 Å². The maximum Gasteiger partial charge on any atom is 0.273 e. The van der Waals surface area contributed by atoms with Crippen molar-refractivity contribution < 1.29 is 4.79 Å². The highest BCUT2D eigenvalue weighted by Crippen LogP contribution is 2.15. The molecule has 0 aliphatic rings. The van der Waals surface area contributed by atoms with E-state index >= 15 is 0 Å². The molecule has 0 aliphatic heterocycles. The van der Waals surface area contributed by atoms with Crippen LogP contribution >= 0.6 is 12.4 Å². The highest BCUT2D eigenvalue weighted by atomic mass is 35.5. The van der Waals surface area contributed by atoms with Crippen molar-refractivity contribution in [3.63, 3.8) is 0 Å². The number of anilines is 1. The van der Waals surface area contributed by atoms with Gasteiger partial charge < -0.3 is 10.6 Å². The molecule has 0 saturated carbocycles. The number of nitrogens with zero attached hydrogens (tertiary/aromatic N) is 1. The summed E-state index contributed by atoms with van der Waals surface area (Å²) in [6.07, 6.45) is 0.0731. The van der Waals surface area contributed by atoms with Crippen molar-refractivity contribution >= 4 is 34.8 Å². The number of aromatic nitrogens is 2. The lowest BCUT2D eigenvalue weighted by molar-refractivity contribution is -0.116. The van der Waals surface area contributed by atoms with E-state index in [0.29, 0.717) is 17.3 Å². The zero-order valence-corrected chi connectivity index (χ0v) is 16.3. The lowest BCUT2D eigenvalue weighted by Crippen LogP contribution is -2.31. The maximum atomic E-state index is 12.5. The highest BCUT2D eigenvalue weighted by molar-refractivity contribution is 5.91. The average molecular weight is 403 g/mol. The molecule has 0 spiro atoms. The van der Waals surface area contributed by atoms with Crippen LogP contribution < -0.4 is 21.8 Å². The maximum absolute atomic E-state index is 12.5. The number of aryl methyl sites for hydroxylation is 1. The van der Waals surface area contributed by atoms with Gasteiger partial charge in [-0.3, -0.25) is 19.5 Å². The molecule has 3 N–H and O–H groups in total. The van der Waals surface area contributed by atoms with Crippen LogP contribution in [0, 0.1) is 0 Å². The van der Waals surface area contributed by atoms with E-state index in [1.54, 1.807) is 24.3 Å². The number of rotatable bonds is 7. The lowest BCUT2D eigenvalue weighted by Gasteiger charge is -2.12. The van der Waals surface area contributed by atoms with Crippen molar-refractivity contribution in [1.29, 1.82) is 0 Å². The Kier molecular flexibility index (Phi) is 7.54. The van der Waals surface area contributed by atoms with Crippen molar-refractivity contribution in [1.82, 2.24) is 15.1 Å².